The lowest BCUT2D eigenvalue weighted by Gasteiger charge is -2.05. The van der Waals surface area contributed by atoms with Crippen molar-refractivity contribution in [1.29, 1.82) is 0 Å². The van der Waals surface area contributed by atoms with Gasteiger partial charge in [0.1, 0.15) is 5.69 Å². The van der Waals surface area contributed by atoms with Gasteiger partial charge in [0.05, 0.1) is 5.75 Å². The van der Waals surface area contributed by atoms with Crippen molar-refractivity contribution in [2.24, 2.45) is 5.84 Å². The van der Waals surface area contributed by atoms with E-state index in [4.69, 9.17) is 5.84 Å². The van der Waals surface area contributed by atoms with E-state index < -0.39 is 0 Å². The Hall–Kier alpha value is -1.87. The summed E-state index contributed by atoms with van der Waals surface area (Å²) in [6, 6.07) is 1.90. The first-order chi connectivity index (χ1) is 9.69. The van der Waals surface area contributed by atoms with Crippen molar-refractivity contribution in [3.63, 3.8) is 0 Å². The van der Waals surface area contributed by atoms with Gasteiger partial charge in [-0.3, -0.25) is 14.9 Å². The molecule has 0 saturated carbocycles. The molecule has 2 aromatic heterocycles. The third-order valence-corrected chi connectivity index (χ3v) is 3.69. The lowest BCUT2D eigenvalue weighted by Crippen LogP contribution is -2.31. The van der Waals surface area contributed by atoms with Crippen molar-refractivity contribution >= 4 is 17.7 Å². The highest BCUT2D eigenvalue weighted by atomic mass is 32.2. The second kappa shape index (κ2) is 6.53. The normalized spacial score (nSPS) is 10.8. The van der Waals surface area contributed by atoms with Crippen LogP contribution >= 0.6 is 11.8 Å². The van der Waals surface area contributed by atoms with E-state index >= 15 is 0 Å². The highest BCUT2D eigenvalue weighted by molar-refractivity contribution is 7.99. The molecule has 20 heavy (non-hydrogen) atoms. The van der Waals surface area contributed by atoms with Crippen molar-refractivity contribution in [2.75, 3.05) is 5.75 Å². The van der Waals surface area contributed by atoms with E-state index in [0.717, 1.165) is 12.2 Å². The zero-order valence-corrected chi connectivity index (χ0v) is 12.2. The molecule has 1 amide bonds. The number of thioether (sulfide) groups is 1. The molecule has 8 nitrogen and oxygen atoms in total. The summed E-state index contributed by atoms with van der Waals surface area (Å²) < 4.78 is 3.76. The minimum atomic E-state index is -0.252. The van der Waals surface area contributed by atoms with E-state index in [1.807, 2.05) is 35.4 Å². The minimum absolute atomic E-state index is 0.206. The molecule has 3 N–H and O–H groups in total. The maximum Gasteiger partial charge on any atom is 0.244 e. The predicted molar refractivity (Wildman–Crippen MR) is 75.6 cm³/mol. The number of nitrogens with two attached hydrogens (primary N) is 1. The van der Waals surface area contributed by atoms with E-state index in [2.05, 4.69) is 20.7 Å². The van der Waals surface area contributed by atoms with Crippen LogP contribution in [0.15, 0.2) is 17.4 Å². The molecule has 2 heterocycles. The topological polar surface area (TPSA) is 104 Å². The van der Waals surface area contributed by atoms with Gasteiger partial charge in [-0.25, -0.2) is 5.84 Å². The Morgan fingerprint density at radius 2 is 2.20 bits per heavy atom. The highest BCUT2D eigenvalue weighted by Crippen LogP contribution is 2.22. The van der Waals surface area contributed by atoms with E-state index in [1.54, 1.807) is 0 Å². The average molecular weight is 295 g/mol. The largest absolute Gasteiger partial charge is 0.301 e. The van der Waals surface area contributed by atoms with Gasteiger partial charge in [-0.1, -0.05) is 11.8 Å². The number of hydrogen-bond donors (Lipinski definition) is 2. The summed E-state index contributed by atoms with van der Waals surface area (Å²) in [5, 5.41) is 13.4. The van der Waals surface area contributed by atoms with Gasteiger partial charge in [0.25, 0.3) is 0 Å². The zero-order valence-electron chi connectivity index (χ0n) is 11.4. The van der Waals surface area contributed by atoms with Crippen molar-refractivity contribution < 1.29 is 4.79 Å². The Morgan fingerprint density at radius 1 is 1.40 bits per heavy atom. The summed E-state index contributed by atoms with van der Waals surface area (Å²) in [6.45, 7) is 5.53. The average Bonchev–Trinajstić information content (AvgIpc) is 3.09. The Labute approximate surface area is 120 Å². The number of nitrogens with zero attached hydrogens (tertiary/aromatic N) is 5. The molecule has 0 atom stereocenters. The summed E-state index contributed by atoms with van der Waals surface area (Å²) in [5.41, 5.74) is 2.86. The minimum Gasteiger partial charge on any atom is -0.301 e. The van der Waals surface area contributed by atoms with Crippen LogP contribution in [0.4, 0.5) is 0 Å². The summed E-state index contributed by atoms with van der Waals surface area (Å²) in [4.78, 5) is 11.2. The van der Waals surface area contributed by atoms with Crippen molar-refractivity contribution in [1.82, 2.24) is 30.0 Å². The van der Waals surface area contributed by atoms with Crippen LogP contribution in [-0.4, -0.2) is 36.2 Å². The van der Waals surface area contributed by atoms with Gasteiger partial charge >= 0.3 is 0 Å². The first-order valence-electron chi connectivity index (χ1n) is 6.28. The number of carbonyl (C=O) groups excluding carboxylic acids is 1. The third-order valence-electron chi connectivity index (χ3n) is 2.72. The second-order valence-electron chi connectivity index (χ2n) is 3.96. The van der Waals surface area contributed by atoms with Crippen LogP contribution in [0.2, 0.25) is 0 Å². The van der Waals surface area contributed by atoms with Crippen LogP contribution in [0.1, 0.15) is 13.8 Å². The van der Waals surface area contributed by atoms with Gasteiger partial charge < -0.3 is 4.57 Å². The molecule has 108 valence electrons. The molecule has 0 radical (unpaired) electrons. The highest BCUT2D eigenvalue weighted by Gasteiger charge is 2.16. The van der Waals surface area contributed by atoms with E-state index in [-0.39, 0.29) is 11.7 Å². The standard InChI is InChI=1S/C11H17N7OS/c1-3-17-6-5-8(16-17)10-14-15-11(18(10)4-2)20-7-9(19)13-12/h5-6H,3-4,7,12H2,1-2H3,(H,13,19). The summed E-state index contributed by atoms with van der Waals surface area (Å²) in [6.07, 6.45) is 1.90. The Bertz CT molecular complexity index is 591. The fourth-order valence-corrected chi connectivity index (χ4v) is 2.51. The molecule has 0 spiro atoms. The maximum absolute atomic E-state index is 11.2. The zero-order chi connectivity index (χ0) is 14.5. The van der Waals surface area contributed by atoms with Crippen molar-refractivity contribution in [3.8, 4) is 11.5 Å². The molecule has 0 aliphatic carbocycles. The molecule has 9 heteroatoms. The summed E-state index contributed by atoms with van der Waals surface area (Å²) in [7, 11) is 0. The number of hydrogen-bond acceptors (Lipinski definition) is 6. The fraction of sp³-hybridized carbons (Fsp3) is 0.455. The van der Waals surface area contributed by atoms with Crippen molar-refractivity contribution in [3.05, 3.63) is 12.3 Å². The number of aromatic nitrogens is 5. The monoisotopic (exact) mass is 295 g/mol. The molecular weight excluding hydrogens is 278 g/mol. The van der Waals surface area contributed by atoms with Crippen LogP contribution in [0.3, 0.4) is 0 Å². The fourth-order valence-electron chi connectivity index (χ4n) is 1.70. The SMILES string of the molecule is CCn1ccc(-c2nnc(SCC(=O)NN)n2CC)n1. The van der Waals surface area contributed by atoms with Gasteiger partial charge in [0.15, 0.2) is 11.0 Å². The quantitative estimate of drug-likeness (QED) is 0.343. The van der Waals surface area contributed by atoms with Gasteiger partial charge in [-0.05, 0) is 19.9 Å². The van der Waals surface area contributed by atoms with Crippen molar-refractivity contribution in [2.45, 2.75) is 32.1 Å². The molecular formula is C11H17N7OS. The van der Waals surface area contributed by atoms with Gasteiger partial charge in [-0.15, -0.1) is 10.2 Å². The Balaban J connectivity index is 2.22. The molecule has 0 aliphatic rings. The molecule has 0 fully saturated rings. The number of amides is 1. The lowest BCUT2D eigenvalue weighted by molar-refractivity contribution is -0.118. The smallest absolute Gasteiger partial charge is 0.244 e. The molecule has 0 bridgehead atoms. The summed E-state index contributed by atoms with van der Waals surface area (Å²) in [5.74, 6) is 5.71. The first kappa shape index (κ1) is 14.5. The number of hydrazine groups is 1. The van der Waals surface area contributed by atoms with E-state index in [0.29, 0.717) is 17.5 Å². The van der Waals surface area contributed by atoms with Gasteiger partial charge in [0, 0.05) is 19.3 Å². The molecule has 0 saturated heterocycles. The Kier molecular flexibility index (Phi) is 4.74. The van der Waals surface area contributed by atoms with E-state index in [1.165, 1.54) is 11.8 Å². The Morgan fingerprint density at radius 3 is 2.80 bits per heavy atom. The lowest BCUT2D eigenvalue weighted by atomic mass is 10.4. The van der Waals surface area contributed by atoms with Crippen LogP contribution in [0, 0.1) is 0 Å². The van der Waals surface area contributed by atoms with E-state index in [9.17, 15) is 4.79 Å². The molecule has 2 rings (SSSR count). The summed E-state index contributed by atoms with van der Waals surface area (Å²) >= 11 is 1.30. The molecule has 0 aromatic carbocycles. The maximum atomic E-state index is 11.2. The second-order valence-corrected chi connectivity index (χ2v) is 4.91. The number of aryl methyl sites for hydroxylation is 1. The number of rotatable bonds is 6. The molecule has 2 aromatic rings. The van der Waals surface area contributed by atoms with Crippen LogP contribution < -0.4 is 11.3 Å². The third kappa shape index (κ3) is 2.99. The van der Waals surface area contributed by atoms with Gasteiger partial charge in [0.2, 0.25) is 5.91 Å². The molecule has 0 unspecified atom stereocenters. The first-order valence-corrected chi connectivity index (χ1v) is 7.27. The van der Waals surface area contributed by atoms with Crippen LogP contribution in [0.25, 0.3) is 11.5 Å². The van der Waals surface area contributed by atoms with Crippen LogP contribution in [-0.2, 0) is 17.9 Å². The molecule has 0 aliphatic heterocycles. The predicted octanol–water partition coefficient (Wildman–Crippen LogP) is 0.263. The number of carbonyl (C=O) groups is 1. The van der Waals surface area contributed by atoms with Gasteiger partial charge in [-0.2, -0.15) is 5.10 Å². The number of nitrogens with one attached hydrogen (secondary N) is 1. The van der Waals surface area contributed by atoms with Crippen LogP contribution in [0.5, 0.6) is 0 Å².